The summed E-state index contributed by atoms with van der Waals surface area (Å²) in [6.07, 6.45) is 2.56. The number of hydrogen-bond acceptors (Lipinski definition) is 4. The molecule has 1 amide bonds. The Balaban J connectivity index is 0.00000261. The van der Waals surface area contributed by atoms with Crippen LogP contribution in [0.5, 0.6) is 0 Å². The maximum absolute atomic E-state index is 12.1. The molecule has 9 heteroatoms. The van der Waals surface area contributed by atoms with Crippen molar-refractivity contribution in [1.82, 2.24) is 4.98 Å². The van der Waals surface area contributed by atoms with Crippen molar-refractivity contribution in [3.05, 3.63) is 63.8 Å². The maximum Gasteiger partial charge on any atom is 1.00 e. The fourth-order valence-electron chi connectivity index (χ4n) is 2.51. The van der Waals surface area contributed by atoms with Crippen LogP contribution in [0.1, 0.15) is 16.1 Å². The Kier molecular flexibility index (Phi) is 6.97. The first-order chi connectivity index (χ1) is 12.3. The van der Waals surface area contributed by atoms with Crippen LogP contribution in [0, 0.1) is 0 Å². The first-order valence-corrected chi connectivity index (χ1v) is 8.17. The Labute approximate surface area is 186 Å². The number of aromatic amines is 1. The van der Waals surface area contributed by atoms with E-state index in [1.807, 2.05) is 0 Å². The van der Waals surface area contributed by atoms with Gasteiger partial charge in [0.2, 0.25) is 5.91 Å². The van der Waals surface area contributed by atoms with Crippen LogP contribution >= 0.6 is 23.2 Å². The number of fused-ring (bicyclic) bond motifs is 1. The molecule has 0 bridgehead atoms. The van der Waals surface area contributed by atoms with E-state index in [0.717, 1.165) is 0 Å². The third-order valence-electron chi connectivity index (χ3n) is 3.64. The number of nitrogen functional groups attached to an aromatic ring is 1. The molecule has 6 nitrogen and oxygen atoms in total. The summed E-state index contributed by atoms with van der Waals surface area (Å²) in [6.45, 7) is 0. The van der Waals surface area contributed by atoms with Crippen molar-refractivity contribution >= 4 is 63.4 Å². The number of nitrogens with one attached hydrogen (secondary N) is 2. The number of amides is 1. The molecule has 0 aliphatic heterocycles. The van der Waals surface area contributed by atoms with Crippen LogP contribution in [0.25, 0.3) is 17.0 Å². The second kappa shape index (κ2) is 8.82. The number of aromatic nitrogens is 1. The second-order valence-electron chi connectivity index (χ2n) is 5.46. The first-order valence-electron chi connectivity index (χ1n) is 7.42. The summed E-state index contributed by atoms with van der Waals surface area (Å²) in [5.41, 5.74) is 7.18. The Morgan fingerprint density at radius 1 is 1.15 bits per heavy atom. The monoisotopic (exact) mass is 411 g/mol. The number of carboxylic acids is 1. The number of carbonyl (C=O) groups excluding carboxylic acids is 2. The van der Waals surface area contributed by atoms with Crippen molar-refractivity contribution in [3.8, 4) is 0 Å². The predicted octanol–water partition coefficient (Wildman–Crippen LogP) is 0.0763. The molecule has 0 radical (unpaired) electrons. The third kappa shape index (κ3) is 4.86. The number of rotatable bonds is 4. The number of nitrogens with two attached hydrogens (primary N) is 1. The molecule has 4 N–H and O–H groups in total. The van der Waals surface area contributed by atoms with Crippen molar-refractivity contribution in [2.24, 2.45) is 0 Å². The molecule has 1 aromatic heterocycles. The van der Waals surface area contributed by atoms with Crippen LogP contribution in [0.2, 0.25) is 10.0 Å². The Morgan fingerprint density at radius 3 is 2.44 bits per heavy atom. The van der Waals surface area contributed by atoms with Crippen molar-refractivity contribution in [3.63, 3.8) is 0 Å². The maximum atomic E-state index is 12.1. The smallest absolute Gasteiger partial charge is 0.543 e. The standard InChI is InChI=1S/C18H13Cl2N3O3.Na/c19-9-7-13(20)16-12(17(18(25)26)23-14(16)8-9)5-6-15(24)22-11-3-1-10(21)2-4-11;/h1-8,23H,21H2,(H,22,24)(H,25,26);/q;+1/p-1/b6-5+;. The van der Waals surface area contributed by atoms with Gasteiger partial charge in [-0.15, -0.1) is 0 Å². The van der Waals surface area contributed by atoms with Crippen molar-refractivity contribution in [2.75, 3.05) is 11.1 Å². The number of aromatic carboxylic acids is 1. The van der Waals surface area contributed by atoms with Gasteiger partial charge in [0.1, 0.15) is 0 Å². The van der Waals surface area contributed by atoms with Gasteiger partial charge >= 0.3 is 29.6 Å². The Bertz CT molecular complexity index is 1050. The zero-order chi connectivity index (χ0) is 18.8. The fraction of sp³-hybridized carbons (Fsp3) is 0. The van der Waals surface area contributed by atoms with Crippen molar-refractivity contribution < 1.29 is 44.3 Å². The first kappa shape index (κ1) is 21.3. The van der Waals surface area contributed by atoms with Gasteiger partial charge in [0.25, 0.3) is 0 Å². The average Bonchev–Trinajstić information content (AvgIpc) is 2.94. The number of anilines is 2. The SMILES string of the molecule is Nc1ccc(NC(=O)/C=C/c2c(C(=O)[O-])[nH]c3cc(Cl)cc(Cl)c23)cc1.[Na+]. The quantitative estimate of drug-likeness (QED) is 0.320. The number of carbonyl (C=O) groups is 2. The molecule has 0 spiro atoms. The molecule has 27 heavy (non-hydrogen) atoms. The summed E-state index contributed by atoms with van der Waals surface area (Å²) in [6, 6.07) is 9.63. The molecule has 0 aliphatic rings. The zero-order valence-electron chi connectivity index (χ0n) is 14.2. The van der Waals surface area contributed by atoms with Gasteiger partial charge < -0.3 is 25.9 Å². The summed E-state index contributed by atoms with van der Waals surface area (Å²) in [4.78, 5) is 26.2. The van der Waals surface area contributed by atoms with E-state index in [0.29, 0.717) is 27.3 Å². The fourth-order valence-corrected chi connectivity index (χ4v) is 3.11. The molecular formula is C18H12Cl2N3NaO3. The normalized spacial score (nSPS) is 10.7. The largest absolute Gasteiger partial charge is 1.00 e. The number of halogens is 2. The number of carboxylic acid groups (broad SMARTS) is 1. The number of benzene rings is 2. The summed E-state index contributed by atoms with van der Waals surface area (Å²) in [7, 11) is 0. The average molecular weight is 412 g/mol. The molecular weight excluding hydrogens is 400 g/mol. The van der Waals surface area contributed by atoms with Crippen LogP contribution in [0.4, 0.5) is 11.4 Å². The number of hydrogen-bond donors (Lipinski definition) is 3. The van der Waals surface area contributed by atoms with Gasteiger partial charge in [-0.25, -0.2) is 0 Å². The summed E-state index contributed by atoms with van der Waals surface area (Å²) in [5, 5.41) is 15.1. The van der Waals surface area contributed by atoms with E-state index >= 15 is 0 Å². The van der Waals surface area contributed by atoms with E-state index < -0.39 is 11.9 Å². The van der Waals surface area contributed by atoms with Gasteiger partial charge in [-0.3, -0.25) is 4.79 Å². The molecule has 0 atom stereocenters. The molecule has 0 unspecified atom stereocenters. The summed E-state index contributed by atoms with van der Waals surface area (Å²) < 4.78 is 0. The van der Waals surface area contributed by atoms with Crippen LogP contribution in [0.15, 0.2) is 42.5 Å². The van der Waals surface area contributed by atoms with Crippen LogP contribution < -0.4 is 45.7 Å². The molecule has 0 saturated heterocycles. The van der Waals surface area contributed by atoms with Gasteiger partial charge in [0.05, 0.1) is 16.7 Å². The van der Waals surface area contributed by atoms with E-state index in [4.69, 9.17) is 28.9 Å². The van der Waals surface area contributed by atoms with E-state index in [2.05, 4.69) is 10.3 Å². The third-order valence-corrected chi connectivity index (χ3v) is 4.15. The van der Waals surface area contributed by atoms with Gasteiger partial charge in [-0.1, -0.05) is 23.2 Å². The van der Waals surface area contributed by atoms with Gasteiger partial charge in [0, 0.05) is 38.9 Å². The minimum absolute atomic E-state index is 0. The zero-order valence-corrected chi connectivity index (χ0v) is 17.7. The molecule has 1 heterocycles. The Morgan fingerprint density at radius 2 is 1.81 bits per heavy atom. The molecule has 3 aromatic rings. The Hall–Kier alpha value is -1.96. The van der Waals surface area contributed by atoms with Crippen LogP contribution in [0.3, 0.4) is 0 Å². The number of H-pyrrole nitrogens is 1. The second-order valence-corrected chi connectivity index (χ2v) is 6.30. The minimum Gasteiger partial charge on any atom is -0.543 e. The van der Waals surface area contributed by atoms with Crippen molar-refractivity contribution in [1.29, 1.82) is 0 Å². The van der Waals surface area contributed by atoms with Crippen LogP contribution in [-0.4, -0.2) is 16.9 Å². The van der Waals surface area contributed by atoms with Gasteiger partial charge in [-0.05, 0) is 42.5 Å². The van der Waals surface area contributed by atoms with Gasteiger partial charge in [0.15, 0.2) is 0 Å². The van der Waals surface area contributed by atoms with E-state index in [1.54, 1.807) is 30.3 Å². The van der Waals surface area contributed by atoms with E-state index in [-0.39, 0.29) is 45.8 Å². The molecule has 0 aliphatic carbocycles. The molecule has 2 aromatic carbocycles. The minimum atomic E-state index is -1.42. The van der Waals surface area contributed by atoms with Crippen molar-refractivity contribution in [2.45, 2.75) is 0 Å². The molecule has 0 saturated carbocycles. The molecule has 3 rings (SSSR count). The summed E-state index contributed by atoms with van der Waals surface area (Å²) >= 11 is 12.1. The summed E-state index contributed by atoms with van der Waals surface area (Å²) in [5.74, 6) is -1.87. The van der Waals surface area contributed by atoms with E-state index in [9.17, 15) is 14.7 Å². The topological polar surface area (TPSA) is 111 Å². The predicted molar refractivity (Wildman–Crippen MR) is 101 cm³/mol. The molecule has 0 fully saturated rings. The van der Waals surface area contributed by atoms with E-state index in [1.165, 1.54) is 18.2 Å². The molecule has 132 valence electrons. The van der Waals surface area contributed by atoms with Gasteiger partial charge in [-0.2, -0.15) is 0 Å². The van der Waals surface area contributed by atoms with Crippen LogP contribution in [-0.2, 0) is 4.79 Å².